The normalized spacial score (nSPS) is 19.8. The van der Waals surface area contributed by atoms with E-state index in [-0.39, 0.29) is 29.4 Å². The highest BCUT2D eigenvalue weighted by Crippen LogP contribution is 2.22. The second-order valence-corrected chi connectivity index (χ2v) is 8.02. The van der Waals surface area contributed by atoms with Crippen LogP contribution in [0.25, 0.3) is 0 Å². The molecular weight excluding hydrogens is 319 g/mol. The summed E-state index contributed by atoms with van der Waals surface area (Å²) in [5, 5.41) is 5.09. The lowest BCUT2D eigenvalue weighted by Crippen LogP contribution is -2.41. The maximum Gasteiger partial charge on any atom is 0.223 e. The number of sulfonamides is 1. The highest BCUT2D eigenvalue weighted by Gasteiger charge is 2.31. The standard InChI is InChI=1S/C16H23FN2O3S/c1-12(8-13-4-2-5-14(17)10-13)9-16(20)19-7-3-6-15(19)11-23(18,21)22/h2,4-5,10,12,15H,3,6-9,11H2,1H3,(H2,18,21,22). The lowest BCUT2D eigenvalue weighted by Gasteiger charge is -2.25. The molecule has 1 aliphatic heterocycles. The fourth-order valence-electron chi connectivity index (χ4n) is 3.16. The first-order valence-electron chi connectivity index (χ1n) is 7.79. The summed E-state index contributed by atoms with van der Waals surface area (Å²) in [7, 11) is -3.59. The predicted octanol–water partition coefficient (Wildman–Crippen LogP) is 1.67. The Morgan fingerprint density at radius 2 is 2.22 bits per heavy atom. The Morgan fingerprint density at radius 3 is 2.87 bits per heavy atom. The molecular formula is C16H23FN2O3S. The smallest absolute Gasteiger partial charge is 0.223 e. The van der Waals surface area contributed by atoms with Gasteiger partial charge in [0.05, 0.1) is 5.75 Å². The Bertz CT molecular complexity index is 663. The van der Waals surface area contributed by atoms with Gasteiger partial charge in [0.15, 0.2) is 0 Å². The first kappa shape index (κ1) is 17.9. The van der Waals surface area contributed by atoms with Crippen molar-refractivity contribution in [3.63, 3.8) is 0 Å². The SMILES string of the molecule is CC(CC(=O)N1CCCC1CS(N)(=O)=O)Cc1cccc(F)c1. The molecule has 1 heterocycles. The molecule has 1 amide bonds. The van der Waals surface area contributed by atoms with Crippen molar-refractivity contribution in [3.05, 3.63) is 35.6 Å². The van der Waals surface area contributed by atoms with Gasteiger partial charge in [0.1, 0.15) is 5.82 Å². The van der Waals surface area contributed by atoms with Crippen molar-refractivity contribution in [2.75, 3.05) is 12.3 Å². The van der Waals surface area contributed by atoms with Gasteiger partial charge in [0.25, 0.3) is 0 Å². The van der Waals surface area contributed by atoms with Crippen molar-refractivity contribution in [1.29, 1.82) is 0 Å². The second kappa shape index (κ2) is 7.40. The van der Waals surface area contributed by atoms with Crippen LogP contribution in [0.4, 0.5) is 4.39 Å². The van der Waals surface area contributed by atoms with Crippen LogP contribution in [-0.4, -0.2) is 37.6 Å². The number of nitrogens with two attached hydrogens (primary N) is 1. The van der Waals surface area contributed by atoms with Gasteiger partial charge >= 0.3 is 0 Å². The molecule has 1 saturated heterocycles. The summed E-state index contributed by atoms with van der Waals surface area (Å²) in [5.74, 6) is -0.467. The first-order chi connectivity index (χ1) is 10.7. The van der Waals surface area contributed by atoms with E-state index in [0.717, 1.165) is 12.0 Å². The van der Waals surface area contributed by atoms with Gasteiger partial charge < -0.3 is 4.90 Å². The minimum atomic E-state index is -3.59. The summed E-state index contributed by atoms with van der Waals surface area (Å²) >= 11 is 0. The molecule has 7 heteroatoms. The molecule has 2 rings (SSSR count). The zero-order valence-electron chi connectivity index (χ0n) is 13.2. The molecule has 0 bridgehead atoms. The van der Waals surface area contributed by atoms with Crippen LogP contribution < -0.4 is 5.14 Å². The molecule has 1 fully saturated rings. The topological polar surface area (TPSA) is 80.5 Å². The third-order valence-electron chi connectivity index (χ3n) is 4.12. The number of hydrogen-bond acceptors (Lipinski definition) is 3. The van der Waals surface area contributed by atoms with Crippen LogP contribution in [0.3, 0.4) is 0 Å². The van der Waals surface area contributed by atoms with Crippen LogP contribution in [0.2, 0.25) is 0 Å². The van der Waals surface area contributed by atoms with Gasteiger partial charge in [-0.05, 0) is 42.9 Å². The number of hydrogen-bond donors (Lipinski definition) is 1. The Hall–Kier alpha value is -1.47. The lowest BCUT2D eigenvalue weighted by molar-refractivity contribution is -0.132. The minimum Gasteiger partial charge on any atom is -0.339 e. The number of carbonyl (C=O) groups excluding carboxylic acids is 1. The minimum absolute atomic E-state index is 0.0555. The lowest BCUT2D eigenvalue weighted by atomic mass is 9.97. The van der Waals surface area contributed by atoms with Gasteiger partial charge in [-0.1, -0.05) is 19.1 Å². The summed E-state index contributed by atoms with van der Waals surface area (Å²) in [6, 6.07) is 6.03. The molecule has 1 aliphatic rings. The molecule has 0 aliphatic carbocycles. The van der Waals surface area contributed by atoms with Crippen molar-refractivity contribution in [2.24, 2.45) is 11.1 Å². The third kappa shape index (κ3) is 5.58. The largest absolute Gasteiger partial charge is 0.339 e. The Labute approximate surface area is 136 Å². The number of nitrogens with zero attached hydrogens (tertiary/aromatic N) is 1. The van der Waals surface area contributed by atoms with Crippen LogP contribution >= 0.6 is 0 Å². The zero-order chi connectivity index (χ0) is 17.0. The molecule has 2 atom stereocenters. The van der Waals surface area contributed by atoms with E-state index in [1.807, 2.05) is 13.0 Å². The van der Waals surface area contributed by atoms with Crippen molar-refractivity contribution in [3.8, 4) is 0 Å². The number of carbonyl (C=O) groups is 1. The zero-order valence-corrected chi connectivity index (χ0v) is 14.1. The molecule has 5 nitrogen and oxygen atoms in total. The average Bonchev–Trinajstić information content (AvgIpc) is 2.84. The van der Waals surface area contributed by atoms with Gasteiger partial charge in [0.2, 0.25) is 15.9 Å². The van der Waals surface area contributed by atoms with Crippen molar-refractivity contribution in [2.45, 2.75) is 38.6 Å². The van der Waals surface area contributed by atoms with Crippen LogP contribution in [0.5, 0.6) is 0 Å². The molecule has 0 radical (unpaired) electrons. The maximum atomic E-state index is 13.2. The van der Waals surface area contributed by atoms with E-state index in [4.69, 9.17) is 5.14 Å². The van der Waals surface area contributed by atoms with Gasteiger partial charge in [-0.25, -0.2) is 17.9 Å². The number of amides is 1. The van der Waals surface area contributed by atoms with Gasteiger partial charge in [-0.3, -0.25) is 4.79 Å². The summed E-state index contributed by atoms with van der Waals surface area (Å²) in [6.07, 6.45) is 2.39. The summed E-state index contributed by atoms with van der Waals surface area (Å²) < 4.78 is 35.7. The fraction of sp³-hybridized carbons (Fsp3) is 0.562. The van der Waals surface area contributed by atoms with E-state index in [9.17, 15) is 17.6 Å². The predicted molar refractivity (Wildman–Crippen MR) is 86.6 cm³/mol. The molecule has 2 unspecified atom stereocenters. The van der Waals surface area contributed by atoms with E-state index in [1.54, 1.807) is 11.0 Å². The number of primary sulfonamides is 1. The molecule has 23 heavy (non-hydrogen) atoms. The quantitative estimate of drug-likeness (QED) is 0.854. The van der Waals surface area contributed by atoms with Crippen LogP contribution in [-0.2, 0) is 21.2 Å². The molecule has 0 spiro atoms. The van der Waals surface area contributed by atoms with Crippen LogP contribution in [0.15, 0.2) is 24.3 Å². The number of likely N-dealkylation sites (tertiary alicyclic amines) is 1. The van der Waals surface area contributed by atoms with E-state index in [0.29, 0.717) is 25.8 Å². The fourth-order valence-corrected chi connectivity index (χ4v) is 4.04. The number of benzene rings is 1. The van der Waals surface area contributed by atoms with Crippen molar-refractivity contribution in [1.82, 2.24) is 4.90 Å². The second-order valence-electron chi connectivity index (χ2n) is 6.36. The monoisotopic (exact) mass is 342 g/mol. The average molecular weight is 342 g/mol. The maximum absolute atomic E-state index is 13.2. The van der Waals surface area contributed by atoms with Crippen LogP contribution in [0.1, 0.15) is 31.7 Å². The Kier molecular flexibility index (Phi) is 5.75. The van der Waals surface area contributed by atoms with E-state index < -0.39 is 10.0 Å². The van der Waals surface area contributed by atoms with Crippen molar-refractivity contribution < 1.29 is 17.6 Å². The Morgan fingerprint density at radius 1 is 1.48 bits per heavy atom. The summed E-state index contributed by atoms with van der Waals surface area (Å²) in [6.45, 7) is 2.51. The number of halogens is 1. The summed E-state index contributed by atoms with van der Waals surface area (Å²) in [5.41, 5.74) is 0.854. The van der Waals surface area contributed by atoms with E-state index in [2.05, 4.69) is 0 Å². The molecule has 1 aromatic rings. The van der Waals surface area contributed by atoms with Gasteiger partial charge in [-0.2, -0.15) is 0 Å². The summed E-state index contributed by atoms with van der Waals surface area (Å²) in [4.78, 5) is 14.1. The third-order valence-corrected chi connectivity index (χ3v) is 4.97. The molecule has 0 aromatic heterocycles. The highest BCUT2D eigenvalue weighted by molar-refractivity contribution is 7.89. The van der Waals surface area contributed by atoms with Crippen LogP contribution in [0, 0.1) is 11.7 Å². The molecule has 0 saturated carbocycles. The highest BCUT2D eigenvalue weighted by atomic mass is 32.2. The number of rotatable bonds is 6. The first-order valence-corrected chi connectivity index (χ1v) is 9.50. The Balaban J connectivity index is 1.92. The van der Waals surface area contributed by atoms with Gasteiger partial charge in [0, 0.05) is 19.0 Å². The van der Waals surface area contributed by atoms with E-state index >= 15 is 0 Å². The van der Waals surface area contributed by atoms with Crippen molar-refractivity contribution >= 4 is 15.9 Å². The molecule has 2 N–H and O–H groups in total. The molecule has 1 aromatic carbocycles. The molecule has 128 valence electrons. The van der Waals surface area contributed by atoms with E-state index in [1.165, 1.54) is 12.1 Å². The van der Waals surface area contributed by atoms with Gasteiger partial charge in [-0.15, -0.1) is 0 Å².